The fraction of sp³-hybridized carbons (Fsp3) is 0.409. The molecule has 1 aliphatic rings. The molecule has 8 heteroatoms. The number of fused-ring (bicyclic) bond motifs is 1. The lowest BCUT2D eigenvalue weighted by atomic mass is 10.0. The molecule has 1 N–H and O–H groups in total. The summed E-state index contributed by atoms with van der Waals surface area (Å²) in [6.07, 6.45) is 2.58. The standard InChI is InChI=1S/C22H28N2O5S/c1-3-19(17-8-5-4-6-9-17)23-22(25)10-7-13-24(30(2,26)27)18-11-12-20-21(16-18)29-15-14-28-20/h4-6,8-9,11-12,16,19H,3,7,10,13-15H2,1-2H3,(H,23,25)/t19-/m0/s1. The normalized spacial score (nSPS) is 14.1. The summed E-state index contributed by atoms with van der Waals surface area (Å²) in [6.45, 7) is 3.12. The van der Waals surface area contributed by atoms with Gasteiger partial charge in [-0.25, -0.2) is 8.42 Å². The Kier molecular flexibility index (Phi) is 7.20. The van der Waals surface area contributed by atoms with Crippen LogP contribution in [-0.4, -0.2) is 40.3 Å². The van der Waals surface area contributed by atoms with Gasteiger partial charge in [-0.2, -0.15) is 0 Å². The highest BCUT2D eigenvalue weighted by molar-refractivity contribution is 7.92. The molecule has 3 rings (SSSR count). The molecule has 0 unspecified atom stereocenters. The monoisotopic (exact) mass is 432 g/mol. The smallest absolute Gasteiger partial charge is 0.232 e. The third-order valence-corrected chi connectivity index (χ3v) is 6.12. The van der Waals surface area contributed by atoms with E-state index in [0.29, 0.717) is 36.8 Å². The van der Waals surface area contributed by atoms with Crippen molar-refractivity contribution in [2.45, 2.75) is 32.2 Å². The van der Waals surface area contributed by atoms with Gasteiger partial charge >= 0.3 is 0 Å². The van der Waals surface area contributed by atoms with Gasteiger partial charge in [-0.3, -0.25) is 9.10 Å². The Morgan fingerprint density at radius 1 is 1.10 bits per heavy atom. The lowest BCUT2D eigenvalue weighted by Crippen LogP contribution is -2.33. The number of anilines is 1. The minimum absolute atomic E-state index is 0.0532. The van der Waals surface area contributed by atoms with Crippen LogP contribution in [-0.2, 0) is 14.8 Å². The molecule has 0 aromatic heterocycles. The molecule has 2 aromatic carbocycles. The number of carbonyl (C=O) groups excluding carboxylic acids is 1. The van der Waals surface area contributed by atoms with Gasteiger partial charge < -0.3 is 14.8 Å². The second-order valence-corrected chi connectivity index (χ2v) is 9.11. The molecule has 0 saturated carbocycles. The summed E-state index contributed by atoms with van der Waals surface area (Å²) in [5.41, 5.74) is 1.56. The lowest BCUT2D eigenvalue weighted by Gasteiger charge is -2.25. The van der Waals surface area contributed by atoms with Crippen molar-refractivity contribution in [1.29, 1.82) is 0 Å². The molecule has 162 valence electrons. The highest BCUT2D eigenvalue weighted by Crippen LogP contribution is 2.34. The van der Waals surface area contributed by atoms with Crippen molar-refractivity contribution in [2.24, 2.45) is 0 Å². The molecule has 0 fully saturated rings. The van der Waals surface area contributed by atoms with Gasteiger partial charge in [0, 0.05) is 19.0 Å². The summed E-state index contributed by atoms with van der Waals surface area (Å²) >= 11 is 0. The highest BCUT2D eigenvalue weighted by atomic mass is 32.2. The second-order valence-electron chi connectivity index (χ2n) is 7.21. The van der Waals surface area contributed by atoms with E-state index in [1.54, 1.807) is 18.2 Å². The van der Waals surface area contributed by atoms with Crippen LogP contribution in [0.2, 0.25) is 0 Å². The number of benzene rings is 2. The molecule has 30 heavy (non-hydrogen) atoms. The van der Waals surface area contributed by atoms with Gasteiger partial charge in [-0.1, -0.05) is 37.3 Å². The van der Waals surface area contributed by atoms with Crippen LogP contribution in [0.3, 0.4) is 0 Å². The van der Waals surface area contributed by atoms with E-state index in [1.165, 1.54) is 4.31 Å². The summed E-state index contributed by atoms with van der Waals surface area (Å²) in [5.74, 6) is 1.03. The van der Waals surface area contributed by atoms with Crippen LogP contribution >= 0.6 is 0 Å². The van der Waals surface area contributed by atoms with Crippen LogP contribution in [0.5, 0.6) is 11.5 Å². The zero-order valence-electron chi connectivity index (χ0n) is 17.3. The van der Waals surface area contributed by atoms with Gasteiger partial charge in [-0.15, -0.1) is 0 Å². The van der Waals surface area contributed by atoms with Crippen LogP contribution in [0.25, 0.3) is 0 Å². The first-order chi connectivity index (χ1) is 14.4. The van der Waals surface area contributed by atoms with E-state index >= 15 is 0 Å². The SMILES string of the molecule is CC[C@H](NC(=O)CCCN(c1ccc2c(c1)OCCO2)S(C)(=O)=O)c1ccccc1. The van der Waals surface area contributed by atoms with Crippen LogP contribution < -0.4 is 19.1 Å². The molecule has 0 aliphatic carbocycles. The van der Waals surface area contributed by atoms with E-state index in [-0.39, 0.29) is 24.9 Å². The number of hydrogen-bond acceptors (Lipinski definition) is 5. The van der Waals surface area contributed by atoms with Crippen molar-refractivity contribution in [1.82, 2.24) is 5.32 Å². The molecular weight excluding hydrogens is 404 g/mol. The molecule has 0 spiro atoms. The van der Waals surface area contributed by atoms with E-state index in [0.717, 1.165) is 18.2 Å². The van der Waals surface area contributed by atoms with Gasteiger partial charge in [-0.05, 0) is 30.5 Å². The maximum Gasteiger partial charge on any atom is 0.232 e. The summed E-state index contributed by atoms with van der Waals surface area (Å²) in [6, 6.07) is 14.8. The maximum atomic E-state index is 12.4. The zero-order chi connectivity index (χ0) is 21.6. The molecule has 2 aromatic rings. The topological polar surface area (TPSA) is 84.9 Å². The Balaban J connectivity index is 1.61. The summed E-state index contributed by atoms with van der Waals surface area (Å²) < 4.78 is 37.0. The molecule has 0 saturated heterocycles. The van der Waals surface area contributed by atoms with Crippen LogP contribution in [0.4, 0.5) is 5.69 Å². The van der Waals surface area contributed by atoms with Crippen molar-refractivity contribution < 1.29 is 22.7 Å². The Morgan fingerprint density at radius 3 is 2.47 bits per heavy atom. The van der Waals surface area contributed by atoms with E-state index in [9.17, 15) is 13.2 Å². The number of sulfonamides is 1. The predicted molar refractivity (Wildman–Crippen MR) is 116 cm³/mol. The van der Waals surface area contributed by atoms with Gasteiger partial charge in [0.05, 0.1) is 18.0 Å². The van der Waals surface area contributed by atoms with E-state index in [4.69, 9.17) is 9.47 Å². The van der Waals surface area contributed by atoms with Crippen molar-refractivity contribution in [3.8, 4) is 11.5 Å². The largest absolute Gasteiger partial charge is 0.486 e. The lowest BCUT2D eigenvalue weighted by molar-refractivity contribution is -0.121. The van der Waals surface area contributed by atoms with E-state index in [2.05, 4.69) is 5.32 Å². The molecule has 1 heterocycles. The number of hydrogen-bond donors (Lipinski definition) is 1. The average molecular weight is 433 g/mol. The van der Waals surface area contributed by atoms with Crippen LogP contribution in [0.15, 0.2) is 48.5 Å². The van der Waals surface area contributed by atoms with Gasteiger partial charge in [0.1, 0.15) is 13.2 Å². The highest BCUT2D eigenvalue weighted by Gasteiger charge is 2.21. The number of ether oxygens (including phenoxy) is 2. The fourth-order valence-electron chi connectivity index (χ4n) is 3.43. The molecule has 0 radical (unpaired) electrons. The Hall–Kier alpha value is -2.74. The van der Waals surface area contributed by atoms with Gasteiger partial charge in [0.25, 0.3) is 0 Å². The Morgan fingerprint density at radius 2 is 1.80 bits per heavy atom. The quantitative estimate of drug-likeness (QED) is 0.657. The Labute approximate surface area is 178 Å². The molecule has 7 nitrogen and oxygen atoms in total. The second kappa shape index (κ2) is 9.84. The van der Waals surface area contributed by atoms with Gasteiger partial charge in [0.2, 0.25) is 15.9 Å². The number of amides is 1. The molecular formula is C22H28N2O5S. The summed E-state index contributed by atoms with van der Waals surface area (Å²) in [7, 11) is -3.51. The minimum atomic E-state index is -3.51. The molecule has 0 bridgehead atoms. The average Bonchev–Trinajstić information content (AvgIpc) is 2.74. The van der Waals surface area contributed by atoms with Crippen molar-refractivity contribution in [3.63, 3.8) is 0 Å². The number of rotatable bonds is 9. The number of nitrogens with one attached hydrogen (secondary N) is 1. The first-order valence-electron chi connectivity index (χ1n) is 10.1. The minimum Gasteiger partial charge on any atom is -0.486 e. The first kappa shape index (κ1) is 22.0. The molecule has 1 atom stereocenters. The molecule has 1 amide bonds. The van der Waals surface area contributed by atoms with Crippen LogP contribution in [0, 0.1) is 0 Å². The van der Waals surface area contributed by atoms with Crippen molar-refractivity contribution in [2.75, 3.05) is 30.3 Å². The third kappa shape index (κ3) is 5.66. The Bertz CT molecular complexity index is 963. The maximum absolute atomic E-state index is 12.4. The summed E-state index contributed by atoms with van der Waals surface area (Å²) in [4.78, 5) is 12.4. The van der Waals surface area contributed by atoms with Gasteiger partial charge in [0.15, 0.2) is 11.5 Å². The first-order valence-corrected chi connectivity index (χ1v) is 11.9. The van der Waals surface area contributed by atoms with Crippen molar-refractivity contribution in [3.05, 3.63) is 54.1 Å². The number of nitrogens with zero attached hydrogens (tertiary/aromatic N) is 1. The predicted octanol–water partition coefficient (Wildman–Crippen LogP) is 3.27. The fourth-order valence-corrected chi connectivity index (χ4v) is 4.39. The third-order valence-electron chi connectivity index (χ3n) is 4.92. The molecule has 1 aliphatic heterocycles. The summed E-state index contributed by atoms with van der Waals surface area (Å²) in [5, 5.41) is 3.03. The van der Waals surface area contributed by atoms with E-state index < -0.39 is 10.0 Å². The van der Waals surface area contributed by atoms with Crippen LogP contribution in [0.1, 0.15) is 37.8 Å². The zero-order valence-corrected chi connectivity index (χ0v) is 18.2. The van der Waals surface area contributed by atoms with E-state index in [1.807, 2.05) is 37.3 Å². The van der Waals surface area contributed by atoms with Crippen molar-refractivity contribution >= 4 is 21.6 Å². The number of carbonyl (C=O) groups is 1.